The number of benzene rings is 1. The first-order chi connectivity index (χ1) is 8.54. The zero-order valence-electron chi connectivity index (χ0n) is 9.09. The summed E-state index contributed by atoms with van der Waals surface area (Å²) >= 11 is 12.0. The van der Waals surface area contributed by atoms with Gasteiger partial charge in [-0.3, -0.25) is 9.59 Å². The van der Waals surface area contributed by atoms with Crippen LogP contribution in [0.15, 0.2) is 15.7 Å². The van der Waals surface area contributed by atoms with Crippen LogP contribution in [-0.4, -0.2) is 21.7 Å². The van der Waals surface area contributed by atoms with E-state index in [9.17, 15) is 9.59 Å². The predicted octanol–water partition coefficient (Wildman–Crippen LogP) is 1.46. The van der Waals surface area contributed by atoms with E-state index in [0.29, 0.717) is 23.0 Å². The van der Waals surface area contributed by atoms with Crippen molar-refractivity contribution in [2.75, 3.05) is 6.61 Å². The Kier molecular flexibility index (Phi) is 3.75. The molecule has 7 heteroatoms. The number of aromatic amines is 2. The minimum atomic E-state index is -0.764. The lowest BCUT2D eigenvalue weighted by Gasteiger charge is -2.09. The molecule has 0 amide bonds. The molecule has 1 aromatic heterocycles. The number of halogens is 2. The maximum Gasteiger partial charge on any atom is 0.314 e. The molecule has 0 atom stereocenters. The van der Waals surface area contributed by atoms with E-state index in [0.717, 1.165) is 0 Å². The van der Waals surface area contributed by atoms with E-state index in [-0.39, 0.29) is 16.7 Å². The number of hydrogen-bond acceptors (Lipinski definition) is 3. The van der Waals surface area contributed by atoms with Crippen LogP contribution in [0.5, 0.6) is 0 Å². The Bertz CT molecular complexity index is 706. The van der Waals surface area contributed by atoms with Gasteiger partial charge in [-0.1, -0.05) is 23.2 Å². The second-order valence-corrected chi connectivity index (χ2v) is 4.42. The monoisotopic (exact) mass is 287 g/mol. The fourth-order valence-corrected chi connectivity index (χ4v) is 2.07. The Hall–Kier alpha value is -1.30. The Labute approximate surface area is 111 Å². The molecule has 0 aliphatic heterocycles. The number of H-pyrrole nitrogens is 2. The lowest BCUT2D eigenvalue weighted by atomic mass is 10.1. The van der Waals surface area contributed by atoms with E-state index in [1.165, 1.54) is 6.07 Å². The van der Waals surface area contributed by atoms with Crippen LogP contribution in [0, 0.1) is 6.42 Å². The van der Waals surface area contributed by atoms with Crippen molar-refractivity contribution in [3.63, 3.8) is 0 Å². The fourth-order valence-electron chi connectivity index (χ4n) is 1.63. The molecule has 0 saturated carbocycles. The van der Waals surface area contributed by atoms with E-state index in [2.05, 4.69) is 9.97 Å². The first kappa shape index (κ1) is 13.1. The second kappa shape index (κ2) is 5.14. The summed E-state index contributed by atoms with van der Waals surface area (Å²) in [5, 5.41) is 9.35. The van der Waals surface area contributed by atoms with Gasteiger partial charge in [-0.2, -0.15) is 0 Å². The highest BCUT2D eigenvalue weighted by molar-refractivity contribution is 6.43. The van der Waals surface area contributed by atoms with Gasteiger partial charge < -0.3 is 15.1 Å². The fraction of sp³-hybridized carbons (Fsp3) is 0.182. The number of aliphatic hydroxyl groups is 1. The van der Waals surface area contributed by atoms with Crippen LogP contribution in [0.3, 0.4) is 0 Å². The van der Waals surface area contributed by atoms with Gasteiger partial charge in [-0.05, 0) is 18.9 Å². The minimum absolute atomic E-state index is 0.0576. The van der Waals surface area contributed by atoms with Crippen molar-refractivity contribution in [2.24, 2.45) is 0 Å². The molecule has 2 aromatic rings. The van der Waals surface area contributed by atoms with Crippen molar-refractivity contribution < 1.29 is 5.11 Å². The first-order valence-electron chi connectivity index (χ1n) is 5.13. The maximum absolute atomic E-state index is 11.3. The van der Waals surface area contributed by atoms with E-state index >= 15 is 0 Å². The Morgan fingerprint density at radius 1 is 1.22 bits per heavy atom. The van der Waals surface area contributed by atoms with Crippen molar-refractivity contribution in [3.8, 4) is 0 Å². The quantitative estimate of drug-likeness (QED) is 0.747. The van der Waals surface area contributed by atoms with E-state index < -0.39 is 11.1 Å². The van der Waals surface area contributed by atoms with Crippen LogP contribution < -0.4 is 11.1 Å². The molecule has 0 aliphatic rings. The average Bonchev–Trinajstić information content (AvgIpc) is 2.33. The molecule has 5 nitrogen and oxygen atoms in total. The number of aliphatic hydroxyl groups excluding tert-OH is 1. The van der Waals surface area contributed by atoms with E-state index in [1.807, 2.05) is 0 Å². The maximum atomic E-state index is 11.3. The average molecular weight is 288 g/mol. The summed E-state index contributed by atoms with van der Waals surface area (Å²) in [5.74, 6) is 0. The number of fused-ring (bicyclic) bond motifs is 1. The molecular weight excluding hydrogens is 279 g/mol. The van der Waals surface area contributed by atoms with Crippen LogP contribution in [-0.2, 0) is 0 Å². The van der Waals surface area contributed by atoms with Crippen LogP contribution in [0.25, 0.3) is 11.0 Å². The molecular formula is C11H9Cl2N2O3. The van der Waals surface area contributed by atoms with E-state index in [1.54, 1.807) is 6.42 Å². The van der Waals surface area contributed by atoms with Crippen molar-refractivity contribution >= 4 is 34.2 Å². The molecule has 18 heavy (non-hydrogen) atoms. The molecule has 1 heterocycles. The first-order valence-corrected chi connectivity index (χ1v) is 5.88. The SMILES string of the molecule is O=c1[nH]c2cc(Cl)c(Cl)c([CH]CCO)c2[nH]c1=O. The largest absolute Gasteiger partial charge is 0.396 e. The summed E-state index contributed by atoms with van der Waals surface area (Å²) in [6, 6.07) is 1.47. The van der Waals surface area contributed by atoms with Crippen molar-refractivity contribution in [1.82, 2.24) is 9.97 Å². The van der Waals surface area contributed by atoms with Crippen molar-refractivity contribution in [2.45, 2.75) is 6.42 Å². The molecule has 0 spiro atoms. The lowest BCUT2D eigenvalue weighted by Crippen LogP contribution is -2.29. The van der Waals surface area contributed by atoms with Gasteiger partial charge in [0.15, 0.2) is 0 Å². The third-order valence-corrected chi connectivity index (χ3v) is 3.23. The molecule has 3 N–H and O–H groups in total. The zero-order chi connectivity index (χ0) is 13.3. The van der Waals surface area contributed by atoms with Crippen molar-refractivity contribution in [1.29, 1.82) is 0 Å². The van der Waals surface area contributed by atoms with Gasteiger partial charge in [-0.25, -0.2) is 0 Å². The summed E-state index contributed by atoms with van der Waals surface area (Å²) in [6.45, 7) is -0.0576. The third kappa shape index (κ3) is 2.29. The minimum Gasteiger partial charge on any atom is -0.396 e. The number of nitrogens with one attached hydrogen (secondary N) is 2. The third-order valence-electron chi connectivity index (χ3n) is 2.43. The highest BCUT2D eigenvalue weighted by atomic mass is 35.5. The molecule has 0 saturated heterocycles. The van der Waals surface area contributed by atoms with Gasteiger partial charge in [0.1, 0.15) is 0 Å². The molecule has 1 radical (unpaired) electrons. The van der Waals surface area contributed by atoms with Crippen LogP contribution in [0.2, 0.25) is 10.0 Å². The smallest absolute Gasteiger partial charge is 0.314 e. The van der Waals surface area contributed by atoms with Gasteiger partial charge in [0, 0.05) is 12.2 Å². The molecule has 2 rings (SSSR count). The van der Waals surface area contributed by atoms with Gasteiger partial charge in [0.2, 0.25) is 0 Å². The summed E-state index contributed by atoms with van der Waals surface area (Å²) in [5.41, 5.74) is -0.254. The Morgan fingerprint density at radius 2 is 1.89 bits per heavy atom. The molecule has 95 valence electrons. The molecule has 0 aliphatic carbocycles. The normalized spacial score (nSPS) is 11.1. The van der Waals surface area contributed by atoms with Crippen LogP contribution >= 0.6 is 23.2 Å². The van der Waals surface area contributed by atoms with Crippen molar-refractivity contribution in [3.05, 3.63) is 48.8 Å². The second-order valence-electron chi connectivity index (χ2n) is 3.63. The summed E-state index contributed by atoms with van der Waals surface area (Å²) in [6.07, 6.45) is 2.00. The summed E-state index contributed by atoms with van der Waals surface area (Å²) < 4.78 is 0. The highest BCUT2D eigenvalue weighted by Crippen LogP contribution is 2.32. The molecule has 0 unspecified atom stereocenters. The Morgan fingerprint density at radius 3 is 2.56 bits per heavy atom. The standard InChI is InChI=1S/C11H9Cl2N2O3/c12-6-4-7-9(15-11(18)10(17)14-7)5(8(6)13)2-1-3-16/h2,4,16H,1,3H2,(H,14,17)(H,15,18). The zero-order valence-corrected chi connectivity index (χ0v) is 10.6. The molecule has 1 aromatic carbocycles. The van der Waals surface area contributed by atoms with Crippen LogP contribution in [0.4, 0.5) is 0 Å². The number of hydrogen-bond donors (Lipinski definition) is 3. The van der Waals surface area contributed by atoms with E-state index in [4.69, 9.17) is 28.3 Å². The number of aromatic nitrogens is 2. The number of rotatable bonds is 3. The van der Waals surface area contributed by atoms with Gasteiger partial charge in [0.25, 0.3) is 0 Å². The van der Waals surface area contributed by atoms with Gasteiger partial charge in [0.05, 0.1) is 21.1 Å². The van der Waals surface area contributed by atoms with Crippen LogP contribution in [0.1, 0.15) is 12.0 Å². The molecule has 0 bridgehead atoms. The molecule has 0 fully saturated rings. The predicted molar refractivity (Wildman–Crippen MR) is 70.3 cm³/mol. The summed E-state index contributed by atoms with van der Waals surface area (Å²) in [7, 11) is 0. The highest BCUT2D eigenvalue weighted by Gasteiger charge is 2.13. The summed E-state index contributed by atoms with van der Waals surface area (Å²) in [4.78, 5) is 27.4. The van der Waals surface area contributed by atoms with Gasteiger partial charge in [-0.15, -0.1) is 0 Å². The Balaban J connectivity index is 2.79. The lowest BCUT2D eigenvalue weighted by molar-refractivity contribution is 0.299. The van der Waals surface area contributed by atoms with Gasteiger partial charge >= 0.3 is 11.1 Å². The topological polar surface area (TPSA) is 85.9 Å².